The lowest BCUT2D eigenvalue weighted by molar-refractivity contribution is -0.421. The third-order valence-electron chi connectivity index (χ3n) is 3.04. The molecule has 2 rings (SSSR count). The lowest BCUT2D eigenvalue weighted by atomic mass is 9.88. The summed E-state index contributed by atoms with van der Waals surface area (Å²) in [7, 11) is 3.35. The summed E-state index contributed by atoms with van der Waals surface area (Å²) in [6.45, 7) is 0. The summed E-state index contributed by atoms with van der Waals surface area (Å²) in [6, 6.07) is 4.72. The molecule has 0 bridgehead atoms. The number of hydrogen-bond acceptors (Lipinski definition) is 2. The second-order valence-electron chi connectivity index (χ2n) is 4.08. The Labute approximate surface area is 90.2 Å². The first-order chi connectivity index (χ1) is 7.24. The largest absolute Gasteiger partial charge is 0.493 e. The molecule has 0 heterocycles. The highest BCUT2D eigenvalue weighted by molar-refractivity contribution is 5.48. The molecule has 0 fully saturated rings. The maximum atomic E-state index is 5.29. The van der Waals surface area contributed by atoms with Crippen LogP contribution in [0.1, 0.15) is 17.5 Å². The van der Waals surface area contributed by atoms with Gasteiger partial charge < -0.3 is 15.2 Å². The van der Waals surface area contributed by atoms with Gasteiger partial charge in [-0.05, 0) is 29.7 Å². The van der Waals surface area contributed by atoms with Crippen LogP contribution in [-0.2, 0) is 12.8 Å². The lowest BCUT2D eigenvalue weighted by Gasteiger charge is -2.21. The van der Waals surface area contributed by atoms with E-state index in [9.17, 15) is 0 Å². The van der Waals surface area contributed by atoms with Crippen LogP contribution in [0.2, 0.25) is 0 Å². The first kappa shape index (κ1) is 10.3. The Morgan fingerprint density at radius 3 is 2.33 bits per heavy atom. The number of benzene rings is 1. The summed E-state index contributed by atoms with van der Waals surface area (Å²) >= 11 is 0. The van der Waals surface area contributed by atoms with Crippen LogP contribution in [0.4, 0.5) is 0 Å². The number of rotatable bonds is 2. The molecule has 1 aliphatic carbocycles. The van der Waals surface area contributed by atoms with Crippen LogP contribution < -0.4 is 15.2 Å². The summed E-state index contributed by atoms with van der Waals surface area (Å²) in [6.07, 6.45) is 3.32. The Hall–Kier alpha value is -1.22. The van der Waals surface area contributed by atoms with Gasteiger partial charge in [0.1, 0.15) is 0 Å². The summed E-state index contributed by atoms with van der Waals surface area (Å²) in [5.41, 5.74) is 6.86. The van der Waals surface area contributed by atoms with Gasteiger partial charge in [-0.1, -0.05) is 0 Å². The molecule has 0 aromatic heterocycles. The topological polar surface area (TPSA) is 46.1 Å². The van der Waals surface area contributed by atoms with Crippen molar-refractivity contribution >= 4 is 0 Å². The SMILES string of the molecule is COc1cc2c(cc1OC)CC([NH3+])CC2. The molecular formula is C12H18NO2+. The number of hydrogen-bond donors (Lipinski definition) is 1. The van der Waals surface area contributed by atoms with Gasteiger partial charge in [-0.3, -0.25) is 0 Å². The van der Waals surface area contributed by atoms with E-state index in [-0.39, 0.29) is 0 Å². The molecule has 1 atom stereocenters. The predicted molar refractivity (Wildman–Crippen MR) is 58.2 cm³/mol. The van der Waals surface area contributed by atoms with Gasteiger partial charge in [0.25, 0.3) is 0 Å². The fraction of sp³-hybridized carbons (Fsp3) is 0.500. The van der Waals surface area contributed by atoms with E-state index >= 15 is 0 Å². The standard InChI is InChI=1S/C12H17NO2/c1-14-11-6-8-3-4-10(13)5-9(8)7-12(11)15-2/h6-7,10H,3-5,13H2,1-2H3/p+1. The highest BCUT2D eigenvalue weighted by Crippen LogP contribution is 2.33. The van der Waals surface area contributed by atoms with Crippen LogP contribution in [0, 0.1) is 0 Å². The monoisotopic (exact) mass is 208 g/mol. The van der Waals surface area contributed by atoms with Gasteiger partial charge in [0, 0.05) is 12.8 Å². The van der Waals surface area contributed by atoms with Crippen molar-refractivity contribution in [3.63, 3.8) is 0 Å². The lowest BCUT2D eigenvalue weighted by Crippen LogP contribution is -2.62. The zero-order valence-corrected chi connectivity index (χ0v) is 9.38. The third-order valence-corrected chi connectivity index (χ3v) is 3.04. The van der Waals surface area contributed by atoms with E-state index in [4.69, 9.17) is 9.47 Å². The van der Waals surface area contributed by atoms with Crippen LogP contribution in [-0.4, -0.2) is 20.3 Å². The Balaban J connectivity index is 2.41. The number of quaternary nitrogens is 1. The number of fused-ring (bicyclic) bond motifs is 1. The molecule has 1 aliphatic rings. The van der Waals surface area contributed by atoms with Crippen molar-refractivity contribution < 1.29 is 15.2 Å². The molecule has 0 aliphatic heterocycles. The third kappa shape index (κ3) is 1.92. The molecular weight excluding hydrogens is 190 g/mol. The number of ether oxygens (including phenoxy) is 2. The van der Waals surface area contributed by atoms with Crippen molar-refractivity contribution in [1.82, 2.24) is 0 Å². The van der Waals surface area contributed by atoms with Crippen molar-refractivity contribution in [3.8, 4) is 11.5 Å². The molecule has 82 valence electrons. The van der Waals surface area contributed by atoms with E-state index in [1.54, 1.807) is 14.2 Å². The van der Waals surface area contributed by atoms with Gasteiger partial charge in [-0.25, -0.2) is 0 Å². The minimum atomic E-state index is 0.538. The molecule has 0 saturated heterocycles. The molecule has 1 aromatic rings. The molecule has 3 heteroatoms. The van der Waals surface area contributed by atoms with Gasteiger partial charge in [0.2, 0.25) is 0 Å². The highest BCUT2D eigenvalue weighted by atomic mass is 16.5. The number of aryl methyl sites for hydroxylation is 1. The minimum Gasteiger partial charge on any atom is -0.493 e. The molecule has 0 radical (unpaired) electrons. The van der Waals surface area contributed by atoms with E-state index in [0.29, 0.717) is 6.04 Å². The summed E-state index contributed by atoms with van der Waals surface area (Å²) in [5, 5.41) is 0. The average molecular weight is 208 g/mol. The van der Waals surface area contributed by atoms with E-state index in [2.05, 4.69) is 17.9 Å². The zero-order valence-electron chi connectivity index (χ0n) is 9.38. The van der Waals surface area contributed by atoms with Gasteiger partial charge in [0.05, 0.1) is 20.3 Å². The van der Waals surface area contributed by atoms with Crippen LogP contribution in [0.25, 0.3) is 0 Å². The first-order valence-electron chi connectivity index (χ1n) is 5.31. The average Bonchev–Trinajstić information content (AvgIpc) is 2.27. The molecule has 0 saturated carbocycles. The van der Waals surface area contributed by atoms with Crippen molar-refractivity contribution in [2.24, 2.45) is 0 Å². The normalized spacial score (nSPS) is 19.5. The van der Waals surface area contributed by atoms with Crippen LogP contribution in [0.3, 0.4) is 0 Å². The molecule has 0 spiro atoms. The van der Waals surface area contributed by atoms with Crippen LogP contribution in [0.15, 0.2) is 12.1 Å². The maximum Gasteiger partial charge on any atom is 0.161 e. The van der Waals surface area contributed by atoms with E-state index < -0.39 is 0 Å². The van der Waals surface area contributed by atoms with Gasteiger partial charge in [0.15, 0.2) is 11.5 Å². The molecule has 0 amide bonds. The number of methoxy groups -OCH3 is 2. The Morgan fingerprint density at radius 1 is 1.13 bits per heavy atom. The quantitative estimate of drug-likeness (QED) is 0.781. The zero-order chi connectivity index (χ0) is 10.8. The highest BCUT2D eigenvalue weighted by Gasteiger charge is 2.20. The van der Waals surface area contributed by atoms with Gasteiger partial charge in [-0.15, -0.1) is 0 Å². The fourth-order valence-corrected chi connectivity index (χ4v) is 2.16. The van der Waals surface area contributed by atoms with Crippen LogP contribution in [0.5, 0.6) is 11.5 Å². The summed E-state index contributed by atoms with van der Waals surface area (Å²) < 4.78 is 10.6. The summed E-state index contributed by atoms with van der Waals surface area (Å²) in [5.74, 6) is 1.66. The Morgan fingerprint density at radius 2 is 1.73 bits per heavy atom. The van der Waals surface area contributed by atoms with Crippen molar-refractivity contribution in [2.45, 2.75) is 25.3 Å². The van der Waals surface area contributed by atoms with E-state index in [0.717, 1.165) is 24.3 Å². The summed E-state index contributed by atoms with van der Waals surface area (Å²) in [4.78, 5) is 0. The Kier molecular flexibility index (Phi) is 2.82. The van der Waals surface area contributed by atoms with Gasteiger partial charge in [-0.2, -0.15) is 0 Å². The minimum absolute atomic E-state index is 0.538. The Bertz CT molecular complexity index is 363. The first-order valence-corrected chi connectivity index (χ1v) is 5.31. The molecule has 3 nitrogen and oxygen atoms in total. The maximum absolute atomic E-state index is 5.29. The second-order valence-corrected chi connectivity index (χ2v) is 4.08. The molecule has 15 heavy (non-hydrogen) atoms. The molecule has 1 aromatic carbocycles. The van der Waals surface area contributed by atoms with Gasteiger partial charge >= 0.3 is 0 Å². The van der Waals surface area contributed by atoms with E-state index in [1.165, 1.54) is 17.5 Å². The predicted octanol–water partition coefficient (Wildman–Crippen LogP) is 0.803. The van der Waals surface area contributed by atoms with Crippen molar-refractivity contribution in [3.05, 3.63) is 23.3 Å². The van der Waals surface area contributed by atoms with Crippen molar-refractivity contribution in [2.75, 3.05) is 14.2 Å². The fourth-order valence-electron chi connectivity index (χ4n) is 2.16. The van der Waals surface area contributed by atoms with Crippen molar-refractivity contribution in [1.29, 1.82) is 0 Å². The van der Waals surface area contributed by atoms with Crippen LogP contribution >= 0.6 is 0 Å². The molecule has 3 N–H and O–H groups in total. The second kappa shape index (κ2) is 4.11. The smallest absolute Gasteiger partial charge is 0.161 e. The molecule has 1 unspecified atom stereocenters. The van der Waals surface area contributed by atoms with E-state index in [1.807, 2.05) is 0 Å².